The Bertz CT molecular complexity index is 642. The number of halogens is 1. The van der Waals surface area contributed by atoms with Crippen LogP contribution in [0.2, 0.25) is 0 Å². The normalized spacial score (nSPS) is 14.0. The van der Waals surface area contributed by atoms with Crippen LogP contribution in [0.3, 0.4) is 0 Å². The molecule has 1 heterocycles. The first-order chi connectivity index (χ1) is 10.2. The molecule has 1 saturated carbocycles. The van der Waals surface area contributed by atoms with Crippen molar-refractivity contribution < 1.29 is 0 Å². The van der Waals surface area contributed by atoms with Gasteiger partial charge in [0.2, 0.25) is 0 Å². The summed E-state index contributed by atoms with van der Waals surface area (Å²) in [6.07, 6.45) is 2.34. The number of hydrogen-bond acceptors (Lipinski definition) is 5. The third kappa shape index (κ3) is 3.51. The molecule has 0 unspecified atom stereocenters. The topological polar surface area (TPSA) is 67.1 Å². The summed E-state index contributed by atoms with van der Waals surface area (Å²) in [5.41, 5.74) is 3.86. The van der Waals surface area contributed by atoms with Gasteiger partial charge in [-0.1, -0.05) is 28.1 Å². The molecule has 3 N–H and O–H groups in total. The van der Waals surface area contributed by atoms with Crippen LogP contribution >= 0.6 is 15.9 Å². The van der Waals surface area contributed by atoms with Crippen molar-refractivity contribution in [2.45, 2.75) is 25.3 Å². The van der Waals surface area contributed by atoms with E-state index in [1.165, 1.54) is 18.4 Å². The van der Waals surface area contributed by atoms with Gasteiger partial charge in [0.05, 0.1) is 0 Å². The average molecular weight is 348 g/mol. The maximum absolute atomic E-state index is 5.52. The van der Waals surface area contributed by atoms with Crippen molar-refractivity contribution in [3.8, 4) is 0 Å². The monoisotopic (exact) mass is 347 g/mol. The molecule has 1 aliphatic carbocycles. The predicted molar refractivity (Wildman–Crippen MR) is 88.1 cm³/mol. The Hall–Kier alpha value is -1.66. The van der Waals surface area contributed by atoms with E-state index in [1.807, 2.05) is 25.2 Å². The van der Waals surface area contributed by atoms with Gasteiger partial charge in [0.15, 0.2) is 0 Å². The quantitative estimate of drug-likeness (QED) is 0.642. The van der Waals surface area contributed by atoms with Crippen LogP contribution in [-0.2, 0) is 6.54 Å². The molecule has 1 aromatic carbocycles. The fourth-order valence-electron chi connectivity index (χ4n) is 2.24. The van der Waals surface area contributed by atoms with E-state index in [4.69, 9.17) is 5.84 Å². The number of benzene rings is 1. The Kier molecular flexibility index (Phi) is 4.07. The highest BCUT2D eigenvalue weighted by Crippen LogP contribution is 2.39. The summed E-state index contributed by atoms with van der Waals surface area (Å²) < 4.78 is 1.08. The van der Waals surface area contributed by atoms with Gasteiger partial charge >= 0.3 is 0 Å². The number of nitrogens with zero attached hydrogens (tertiary/aromatic N) is 3. The minimum Gasteiger partial charge on any atom is -0.355 e. The predicted octanol–water partition coefficient (Wildman–Crippen LogP) is 3.04. The Balaban J connectivity index is 1.83. The van der Waals surface area contributed by atoms with Crippen LogP contribution in [0.15, 0.2) is 34.8 Å². The lowest BCUT2D eigenvalue weighted by Gasteiger charge is -2.19. The average Bonchev–Trinajstić information content (AvgIpc) is 3.31. The second-order valence-electron chi connectivity index (χ2n) is 5.37. The summed E-state index contributed by atoms with van der Waals surface area (Å²) in [7, 11) is 2.03. The molecule has 110 valence electrons. The first-order valence-corrected chi connectivity index (χ1v) is 7.76. The van der Waals surface area contributed by atoms with E-state index in [-0.39, 0.29) is 0 Å². The number of nitrogen functional groups attached to an aromatic ring is 1. The second kappa shape index (κ2) is 5.99. The van der Waals surface area contributed by atoms with Crippen molar-refractivity contribution >= 4 is 27.6 Å². The molecule has 1 aliphatic rings. The highest BCUT2D eigenvalue weighted by atomic mass is 79.9. The van der Waals surface area contributed by atoms with E-state index in [0.717, 1.165) is 22.7 Å². The lowest BCUT2D eigenvalue weighted by molar-refractivity contribution is 0.854. The zero-order chi connectivity index (χ0) is 14.8. The zero-order valence-electron chi connectivity index (χ0n) is 11.9. The van der Waals surface area contributed by atoms with Gasteiger partial charge in [-0.3, -0.25) is 0 Å². The minimum atomic E-state index is 0.497. The van der Waals surface area contributed by atoms with Gasteiger partial charge in [-0.25, -0.2) is 15.8 Å². The molecule has 1 aromatic heterocycles. The van der Waals surface area contributed by atoms with Gasteiger partial charge in [-0.15, -0.1) is 0 Å². The smallest absolute Gasteiger partial charge is 0.145 e. The molecule has 6 heteroatoms. The number of nitrogens with two attached hydrogens (primary N) is 1. The van der Waals surface area contributed by atoms with E-state index in [1.54, 1.807) is 0 Å². The molecule has 0 spiro atoms. The van der Waals surface area contributed by atoms with Gasteiger partial charge < -0.3 is 10.3 Å². The van der Waals surface area contributed by atoms with Gasteiger partial charge in [0, 0.05) is 30.0 Å². The molecule has 0 amide bonds. The Morgan fingerprint density at radius 3 is 2.81 bits per heavy atom. The van der Waals surface area contributed by atoms with Crippen molar-refractivity contribution in [2.75, 3.05) is 17.4 Å². The fourth-order valence-corrected chi connectivity index (χ4v) is 2.68. The Morgan fingerprint density at radius 1 is 1.33 bits per heavy atom. The Morgan fingerprint density at radius 2 is 2.14 bits per heavy atom. The Labute approximate surface area is 132 Å². The number of anilines is 2. The second-order valence-corrected chi connectivity index (χ2v) is 6.29. The number of hydrazine groups is 1. The van der Waals surface area contributed by atoms with Crippen LogP contribution in [0.25, 0.3) is 0 Å². The first-order valence-electron chi connectivity index (χ1n) is 6.97. The van der Waals surface area contributed by atoms with Crippen LogP contribution in [0.5, 0.6) is 0 Å². The summed E-state index contributed by atoms with van der Waals surface area (Å²) >= 11 is 3.50. The molecule has 5 nitrogen and oxygen atoms in total. The van der Waals surface area contributed by atoms with Crippen molar-refractivity contribution in [3.05, 3.63) is 46.2 Å². The summed E-state index contributed by atoms with van der Waals surface area (Å²) in [6.45, 7) is 0.782. The van der Waals surface area contributed by atoms with Crippen molar-refractivity contribution in [2.24, 2.45) is 5.84 Å². The standard InChI is InChI=1S/C15H18BrN5/c1-21(9-10-3-2-4-12(16)7-10)14-8-13(20-17)18-15(19-14)11-5-6-11/h2-4,7-8,11H,5-6,9,17H2,1H3,(H,18,19,20). The molecule has 0 bridgehead atoms. The number of rotatable bonds is 5. The van der Waals surface area contributed by atoms with Gasteiger partial charge in [-0.2, -0.15) is 0 Å². The van der Waals surface area contributed by atoms with Crippen molar-refractivity contribution in [1.29, 1.82) is 0 Å². The first kappa shape index (κ1) is 14.3. The highest BCUT2D eigenvalue weighted by Gasteiger charge is 2.27. The molecule has 0 saturated heterocycles. The molecule has 0 atom stereocenters. The van der Waals surface area contributed by atoms with Crippen LogP contribution < -0.4 is 16.2 Å². The van der Waals surface area contributed by atoms with E-state index < -0.39 is 0 Å². The van der Waals surface area contributed by atoms with Crippen LogP contribution in [0.4, 0.5) is 11.6 Å². The fraction of sp³-hybridized carbons (Fsp3) is 0.333. The summed E-state index contributed by atoms with van der Waals surface area (Å²) in [5.74, 6) is 8.46. The largest absolute Gasteiger partial charge is 0.355 e. The minimum absolute atomic E-state index is 0.497. The molecule has 0 radical (unpaired) electrons. The van der Waals surface area contributed by atoms with Gasteiger partial charge in [0.1, 0.15) is 17.5 Å². The maximum atomic E-state index is 5.52. The highest BCUT2D eigenvalue weighted by molar-refractivity contribution is 9.10. The van der Waals surface area contributed by atoms with E-state index >= 15 is 0 Å². The van der Waals surface area contributed by atoms with Crippen molar-refractivity contribution in [3.63, 3.8) is 0 Å². The number of hydrogen-bond donors (Lipinski definition) is 2. The zero-order valence-corrected chi connectivity index (χ0v) is 13.5. The number of aromatic nitrogens is 2. The van der Waals surface area contributed by atoms with Crippen LogP contribution in [0, 0.1) is 0 Å². The summed E-state index contributed by atoms with van der Waals surface area (Å²) in [4.78, 5) is 11.2. The number of nitrogens with one attached hydrogen (secondary N) is 1. The van der Waals surface area contributed by atoms with E-state index in [9.17, 15) is 0 Å². The summed E-state index contributed by atoms with van der Waals surface area (Å²) in [6, 6.07) is 10.2. The maximum Gasteiger partial charge on any atom is 0.145 e. The SMILES string of the molecule is CN(Cc1cccc(Br)c1)c1cc(NN)nc(C2CC2)n1. The molecule has 0 aliphatic heterocycles. The molecular weight excluding hydrogens is 330 g/mol. The molecule has 1 fully saturated rings. The molecule has 21 heavy (non-hydrogen) atoms. The summed E-state index contributed by atoms with van der Waals surface area (Å²) in [5, 5.41) is 0. The molecule has 2 aromatic rings. The third-order valence-electron chi connectivity index (χ3n) is 3.52. The van der Waals surface area contributed by atoms with Crippen LogP contribution in [0.1, 0.15) is 30.1 Å². The lowest BCUT2D eigenvalue weighted by atomic mass is 10.2. The molecule has 3 rings (SSSR count). The van der Waals surface area contributed by atoms with Gasteiger partial charge in [0.25, 0.3) is 0 Å². The van der Waals surface area contributed by atoms with Crippen molar-refractivity contribution in [1.82, 2.24) is 9.97 Å². The van der Waals surface area contributed by atoms with E-state index in [2.05, 4.69) is 48.4 Å². The third-order valence-corrected chi connectivity index (χ3v) is 4.01. The molecular formula is C15H18BrN5. The van der Waals surface area contributed by atoms with E-state index in [0.29, 0.717) is 11.7 Å². The van der Waals surface area contributed by atoms with Crippen LogP contribution in [-0.4, -0.2) is 17.0 Å². The van der Waals surface area contributed by atoms with Gasteiger partial charge in [-0.05, 0) is 30.5 Å². The lowest BCUT2D eigenvalue weighted by Crippen LogP contribution is -2.20.